The first-order chi connectivity index (χ1) is 14.2. The first-order valence-corrected chi connectivity index (χ1v) is 10.5. The van der Waals surface area contributed by atoms with Crippen LogP contribution in [0.3, 0.4) is 0 Å². The molecule has 0 atom stereocenters. The van der Waals surface area contributed by atoms with Gasteiger partial charge in [-0.1, -0.05) is 30.3 Å². The van der Waals surface area contributed by atoms with Crippen LogP contribution in [0.2, 0.25) is 0 Å². The highest BCUT2D eigenvalue weighted by Gasteiger charge is 2.40. The van der Waals surface area contributed by atoms with E-state index in [1.54, 1.807) is 33.9 Å². The quantitative estimate of drug-likeness (QED) is 0.642. The van der Waals surface area contributed by atoms with Gasteiger partial charge in [-0.25, -0.2) is 4.98 Å². The van der Waals surface area contributed by atoms with Crippen molar-refractivity contribution in [2.24, 2.45) is 0 Å². The Kier molecular flexibility index (Phi) is 7.00. The maximum Gasteiger partial charge on any atom is 0.498 e. The van der Waals surface area contributed by atoms with Crippen molar-refractivity contribution < 1.29 is 19.5 Å². The van der Waals surface area contributed by atoms with Gasteiger partial charge in [-0.15, -0.1) is 0 Å². The van der Waals surface area contributed by atoms with Crippen molar-refractivity contribution in [2.75, 3.05) is 18.0 Å². The Morgan fingerprint density at radius 1 is 1.07 bits per heavy atom. The molecule has 1 saturated heterocycles. The molecule has 0 spiro atoms. The summed E-state index contributed by atoms with van der Waals surface area (Å²) in [5.74, 6) is 0.879. The summed E-state index contributed by atoms with van der Waals surface area (Å²) < 4.78 is 11.8. The van der Waals surface area contributed by atoms with Crippen LogP contribution in [-0.2, 0) is 11.3 Å². The van der Waals surface area contributed by atoms with E-state index in [9.17, 15) is 10.1 Å². The molecule has 0 amide bonds. The van der Waals surface area contributed by atoms with Gasteiger partial charge in [0.05, 0.1) is 16.7 Å². The molecule has 1 aromatic heterocycles. The Hall–Kier alpha value is -2.16. The molecule has 0 unspecified atom stereocenters. The van der Waals surface area contributed by atoms with E-state index in [1.807, 2.05) is 30.3 Å². The largest absolute Gasteiger partial charge is 0.498 e. The van der Waals surface area contributed by atoms with Gasteiger partial charge < -0.3 is 24.4 Å². The number of ether oxygens (including phenoxy) is 1. The van der Waals surface area contributed by atoms with E-state index in [-0.39, 0.29) is 5.88 Å². The number of aliphatic hydroxyl groups is 1. The monoisotopic (exact) mass is 413 g/mol. The zero-order valence-corrected chi connectivity index (χ0v) is 18.3. The first kappa shape index (κ1) is 22.5. The summed E-state index contributed by atoms with van der Waals surface area (Å²) in [5, 5.41) is 21.2. The summed E-state index contributed by atoms with van der Waals surface area (Å²) in [6, 6.07) is 9.78. The van der Waals surface area contributed by atoms with Gasteiger partial charge in [-0.05, 0) is 52.5 Å². The van der Waals surface area contributed by atoms with E-state index in [2.05, 4.69) is 14.9 Å². The topological polar surface area (TPSA) is 87.9 Å². The second-order valence-electron chi connectivity index (χ2n) is 8.79. The van der Waals surface area contributed by atoms with Crippen molar-refractivity contribution in [3.8, 4) is 5.88 Å². The molecule has 2 aromatic rings. The summed E-state index contributed by atoms with van der Waals surface area (Å²) in [5.41, 5.74) is -0.833. The van der Waals surface area contributed by atoms with Crippen molar-refractivity contribution in [3.05, 3.63) is 42.1 Å². The van der Waals surface area contributed by atoms with Gasteiger partial charge in [0.2, 0.25) is 11.8 Å². The summed E-state index contributed by atoms with van der Waals surface area (Å²) in [4.78, 5) is 11.2. The number of nitrogens with zero attached hydrogens (tertiary/aromatic N) is 3. The summed E-state index contributed by atoms with van der Waals surface area (Å²) in [6.45, 7) is 8.86. The summed E-state index contributed by atoms with van der Waals surface area (Å²) in [7, 11) is -1.34. The maximum atomic E-state index is 10.8. The van der Waals surface area contributed by atoms with Gasteiger partial charge in [-0.3, -0.25) is 0 Å². The highest BCUT2D eigenvalue weighted by atomic mass is 16.6. The Balaban J connectivity index is 1.86. The van der Waals surface area contributed by atoms with Crippen LogP contribution < -0.4 is 15.1 Å². The fraction of sp³-hybridized carbons (Fsp3) is 0.545. The standard InChI is InChI=1S/C22H32BN3O4/c1-21(2,27)22(3,4)30-23(28)18-15-24-20(26-13-9-6-10-14-26)25-19(18)29-16-17-11-7-5-8-12-17/h5,7-8,11-12,15,27-28H,6,9-10,13-14,16H2,1-4H3. The minimum Gasteiger partial charge on any atom is -0.473 e. The molecular weight excluding hydrogens is 381 g/mol. The normalized spacial score (nSPS) is 15.2. The number of hydrogen-bond acceptors (Lipinski definition) is 7. The molecule has 1 aliphatic rings. The van der Waals surface area contributed by atoms with E-state index in [0.717, 1.165) is 31.5 Å². The van der Waals surface area contributed by atoms with Gasteiger partial charge in [-0.2, -0.15) is 4.98 Å². The zero-order valence-electron chi connectivity index (χ0n) is 18.3. The van der Waals surface area contributed by atoms with Crippen molar-refractivity contribution in [2.45, 2.75) is 64.8 Å². The number of aromatic nitrogens is 2. The van der Waals surface area contributed by atoms with Crippen LogP contribution in [0.25, 0.3) is 0 Å². The van der Waals surface area contributed by atoms with Gasteiger partial charge in [0, 0.05) is 19.3 Å². The molecule has 8 heteroatoms. The fourth-order valence-corrected chi connectivity index (χ4v) is 3.11. The SMILES string of the molecule is CC(C)(O)C(C)(C)OB(O)c1cnc(N2CCCCC2)nc1OCc1ccccc1. The number of benzene rings is 1. The minimum atomic E-state index is -1.34. The lowest BCUT2D eigenvalue weighted by atomic mass is 9.77. The third-order valence-electron chi connectivity index (χ3n) is 5.77. The van der Waals surface area contributed by atoms with Gasteiger partial charge in [0.25, 0.3) is 0 Å². The number of rotatable bonds is 8. The second kappa shape index (κ2) is 9.33. The van der Waals surface area contributed by atoms with Gasteiger partial charge in [0.1, 0.15) is 6.61 Å². The van der Waals surface area contributed by atoms with Gasteiger partial charge in [0.15, 0.2) is 0 Å². The lowest BCUT2D eigenvalue weighted by molar-refractivity contribution is -0.0983. The van der Waals surface area contributed by atoms with Crippen LogP contribution in [0, 0.1) is 0 Å². The molecule has 1 aromatic carbocycles. The summed E-state index contributed by atoms with van der Waals surface area (Å²) >= 11 is 0. The third kappa shape index (κ3) is 5.50. The molecule has 0 bridgehead atoms. The molecule has 0 aliphatic carbocycles. The second-order valence-corrected chi connectivity index (χ2v) is 8.79. The van der Waals surface area contributed by atoms with Crippen molar-refractivity contribution in [3.63, 3.8) is 0 Å². The Morgan fingerprint density at radius 2 is 1.73 bits per heavy atom. The maximum absolute atomic E-state index is 10.8. The van der Waals surface area contributed by atoms with Crippen LogP contribution in [0.5, 0.6) is 5.88 Å². The zero-order chi connectivity index (χ0) is 21.8. The predicted molar refractivity (Wildman–Crippen MR) is 118 cm³/mol. The Labute approximate surface area is 179 Å². The molecule has 162 valence electrons. The van der Waals surface area contributed by atoms with E-state index >= 15 is 0 Å². The number of piperidine rings is 1. The van der Waals surface area contributed by atoms with E-state index < -0.39 is 18.3 Å². The predicted octanol–water partition coefficient (Wildman–Crippen LogP) is 2.30. The molecule has 3 rings (SSSR count). The molecule has 30 heavy (non-hydrogen) atoms. The number of hydrogen-bond donors (Lipinski definition) is 2. The van der Waals surface area contributed by atoms with Crippen LogP contribution in [0.4, 0.5) is 5.95 Å². The lowest BCUT2D eigenvalue weighted by Gasteiger charge is -2.38. The molecule has 2 heterocycles. The minimum absolute atomic E-state index is 0.286. The summed E-state index contributed by atoms with van der Waals surface area (Å²) in [6.07, 6.45) is 4.99. The molecule has 1 aliphatic heterocycles. The first-order valence-electron chi connectivity index (χ1n) is 10.5. The third-order valence-corrected chi connectivity index (χ3v) is 5.77. The van der Waals surface area contributed by atoms with E-state index in [4.69, 9.17) is 9.39 Å². The van der Waals surface area contributed by atoms with Crippen molar-refractivity contribution in [1.82, 2.24) is 9.97 Å². The number of anilines is 1. The molecule has 1 fully saturated rings. The molecule has 2 N–H and O–H groups in total. The molecular formula is C22H32BN3O4. The van der Waals surface area contributed by atoms with Crippen LogP contribution in [0.1, 0.15) is 52.5 Å². The molecule has 7 nitrogen and oxygen atoms in total. The molecule has 0 saturated carbocycles. The lowest BCUT2D eigenvalue weighted by Crippen LogP contribution is -2.53. The average Bonchev–Trinajstić information content (AvgIpc) is 2.72. The van der Waals surface area contributed by atoms with Gasteiger partial charge >= 0.3 is 7.12 Å². The molecule has 0 radical (unpaired) electrons. The smallest absolute Gasteiger partial charge is 0.473 e. The average molecular weight is 413 g/mol. The van der Waals surface area contributed by atoms with Crippen molar-refractivity contribution in [1.29, 1.82) is 0 Å². The highest BCUT2D eigenvalue weighted by Crippen LogP contribution is 2.26. The fourth-order valence-electron chi connectivity index (χ4n) is 3.11. The van der Waals surface area contributed by atoms with Crippen molar-refractivity contribution >= 4 is 18.5 Å². The highest BCUT2D eigenvalue weighted by molar-refractivity contribution is 6.61. The van der Waals surface area contributed by atoms with E-state index in [0.29, 0.717) is 18.0 Å². The van der Waals surface area contributed by atoms with Crippen LogP contribution in [0.15, 0.2) is 36.5 Å². The Bertz CT molecular complexity index is 821. The van der Waals surface area contributed by atoms with Crippen LogP contribution >= 0.6 is 0 Å². The van der Waals surface area contributed by atoms with Crippen LogP contribution in [-0.4, -0.2) is 51.5 Å². The Morgan fingerprint density at radius 3 is 2.37 bits per heavy atom. The van der Waals surface area contributed by atoms with E-state index in [1.165, 1.54) is 6.42 Å².